The van der Waals surface area contributed by atoms with Crippen molar-refractivity contribution in [2.75, 3.05) is 13.2 Å². The largest absolute Gasteiger partial charge is 0.393 e. The number of rotatable bonds is 2. The van der Waals surface area contributed by atoms with Gasteiger partial charge in [0.1, 0.15) is 17.3 Å². The second-order valence-electron chi connectivity index (χ2n) is 16.4. The molecular weight excluding hydrogens is 584 g/mol. The Balaban J connectivity index is 1.10. The minimum Gasteiger partial charge on any atom is -0.393 e. The molecule has 11 heteroatoms. The molecule has 256 valence electrons. The first-order chi connectivity index (χ1) is 21.1. The van der Waals surface area contributed by atoms with Gasteiger partial charge in [0.05, 0.1) is 90.6 Å². The van der Waals surface area contributed by atoms with Crippen molar-refractivity contribution < 1.29 is 53.6 Å². The zero-order valence-electron chi connectivity index (χ0n) is 27.6. The molecule has 0 spiro atoms. The van der Waals surface area contributed by atoms with E-state index in [2.05, 4.69) is 26.8 Å². The van der Waals surface area contributed by atoms with E-state index >= 15 is 0 Å². The second-order valence-corrected chi connectivity index (χ2v) is 16.4. The Morgan fingerprint density at radius 3 is 2.00 bits per heavy atom. The zero-order valence-corrected chi connectivity index (χ0v) is 27.6. The van der Waals surface area contributed by atoms with E-state index in [9.17, 15) is 20.4 Å². The number of aliphatic hydroxyl groups is 4. The van der Waals surface area contributed by atoms with E-state index in [1.165, 1.54) is 0 Å². The summed E-state index contributed by atoms with van der Waals surface area (Å²) in [5.74, 6) is 0. The van der Waals surface area contributed by atoms with Crippen molar-refractivity contribution in [3.05, 3.63) is 12.2 Å². The number of hydrogen-bond acceptors (Lipinski definition) is 11. The van der Waals surface area contributed by atoms with Gasteiger partial charge in [-0.25, -0.2) is 0 Å². The molecular formula is C34H54O11. The van der Waals surface area contributed by atoms with Gasteiger partial charge in [-0.05, 0) is 60.8 Å². The number of fused-ring (bicyclic) bond motifs is 6. The Labute approximate surface area is 266 Å². The van der Waals surface area contributed by atoms with Crippen molar-refractivity contribution in [1.29, 1.82) is 0 Å². The van der Waals surface area contributed by atoms with Crippen LogP contribution in [0.5, 0.6) is 0 Å². The summed E-state index contributed by atoms with van der Waals surface area (Å²) in [5, 5.41) is 41.6. The zero-order chi connectivity index (χ0) is 32.2. The Kier molecular flexibility index (Phi) is 7.95. The predicted molar refractivity (Wildman–Crippen MR) is 161 cm³/mol. The molecule has 6 saturated heterocycles. The van der Waals surface area contributed by atoms with Gasteiger partial charge >= 0.3 is 0 Å². The van der Waals surface area contributed by atoms with Gasteiger partial charge in [0.2, 0.25) is 0 Å². The summed E-state index contributed by atoms with van der Waals surface area (Å²) < 4.78 is 47.0. The lowest BCUT2D eigenvalue weighted by Gasteiger charge is -2.59. The fraction of sp³-hybridized carbons (Fsp3) is 0.941. The van der Waals surface area contributed by atoms with E-state index in [4.69, 9.17) is 33.2 Å². The molecule has 0 radical (unpaired) electrons. The van der Waals surface area contributed by atoms with Crippen molar-refractivity contribution >= 4 is 0 Å². The average Bonchev–Trinajstić information content (AvgIpc) is 3.06. The SMILES string of the molecule is C[C@@]12CC[C@]3(C)O[C@]4(C)C[C@@H]5O[C@@H]6C[C@H](O)[C@@](C)(CO)O[C@H]6/C=C\C[C@H]5O[C@H]4C[C@H]3O[C@H]1C[C@@]1(C)O[C@@](C)(CO)[C@H](O)C[C@@H]1O2. The summed E-state index contributed by atoms with van der Waals surface area (Å²) in [5.41, 5.74) is -4.59. The summed E-state index contributed by atoms with van der Waals surface area (Å²) in [6.07, 6.45) is 4.97. The third kappa shape index (κ3) is 5.28. The average molecular weight is 639 g/mol. The van der Waals surface area contributed by atoms with E-state index in [0.29, 0.717) is 38.5 Å². The highest BCUT2D eigenvalue weighted by Crippen LogP contribution is 2.55. The minimum absolute atomic E-state index is 0.177. The normalized spacial score (nSPS) is 60.2. The van der Waals surface area contributed by atoms with Crippen LogP contribution in [0.15, 0.2) is 12.2 Å². The lowest BCUT2D eigenvalue weighted by molar-refractivity contribution is -0.354. The van der Waals surface area contributed by atoms with Crippen LogP contribution in [0.4, 0.5) is 0 Å². The minimum atomic E-state index is -1.06. The summed E-state index contributed by atoms with van der Waals surface area (Å²) >= 11 is 0. The maximum Gasteiger partial charge on any atom is 0.115 e. The Hall–Kier alpha value is -0.700. The van der Waals surface area contributed by atoms with Crippen molar-refractivity contribution in [2.45, 2.75) is 188 Å². The summed E-state index contributed by atoms with van der Waals surface area (Å²) in [6.45, 7) is 11.3. The van der Waals surface area contributed by atoms with Crippen molar-refractivity contribution in [3.63, 3.8) is 0 Å². The van der Waals surface area contributed by atoms with Gasteiger partial charge in [-0.3, -0.25) is 0 Å². The molecule has 0 aromatic rings. The van der Waals surface area contributed by atoms with E-state index < -0.39 is 45.8 Å². The van der Waals surface area contributed by atoms with E-state index in [1.54, 1.807) is 13.8 Å². The van der Waals surface area contributed by atoms with E-state index in [-0.39, 0.29) is 62.0 Å². The fourth-order valence-corrected chi connectivity index (χ4v) is 9.34. The molecule has 6 fully saturated rings. The highest BCUT2D eigenvalue weighted by atomic mass is 16.6. The molecule has 0 saturated carbocycles. The molecule has 0 bridgehead atoms. The number of aliphatic hydroxyl groups excluding tert-OH is 4. The molecule has 0 amide bonds. The van der Waals surface area contributed by atoms with Crippen LogP contribution in [0.1, 0.15) is 92.9 Å². The van der Waals surface area contributed by atoms with Crippen LogP contribution in [0, 0.1) is 0 Å². The van der Waals surface area contributed by atoms with Gasteiger partial charge in [0.15, 0.2) is 0 Å². The van der Waals surface area contributed by atoms with Gasteiger partial charge in [-0.1, -0.05) is 12.2 Å². The van der Waals surface area contributed by atoms with Crippen molar-refractivity contribution in [1.82, 2.24) is 0 Å². The first-order valence-electron chi connectivity index (χ1n) is 17.0. The summed E-state index contributed by atoms with van der Waals surface area (Å²) in [6, 6.07) is 0. The first kappa shape index (κ1) is 32.8. The van der Waals surface area contributed by atoms with Crippen LogP contribution in [0.25, 0.3) is 0 Å². The molecule has 16 atom stereocenters. The van der Waals surface area contributed by atoms with Gasteiger partial charge in [0.25, 0.3) is 0 Å². The monoisotopic (exact) mass is 638 g/mol. The predicted octanol–water partition coefficient (Wildman–Crippen LogP) is 2.08. The lowest BCUT2D eigenvalue weighted by atomic mass is 9.73. The maximum absolute atomic E-state index is 10.8. The van der Waals surface area contributed by atoms with E-state index in [0.717, 1.165) is 12.8 Å². The topological polar surface area (TPSA) is 146 Å². The Morgan fingerprint density at radius 2 is 1.27 bits per heavy atom. The molecule has 7 heterocycles. The van der Waals surface area contributed by atoms with Gasteiger partial charge < -0.3 is 53.6 Å². The van der Waals surface area contributed by atoms with Crippen molar-refractivity contribution in [2.24, 2.45) is 0 Å². The Morgan fingerprint density at radius 1 is 0.600 bits per heavy atom. The molecule has 0 aliphatic carbocycles. The van der Waals surface area contributed by atoms with Gasteiger partial charge in [0, 0.05) is 32.1 Å². The molecule has 11 nitrogen and oxygen atoms in total. The molecule has 0 unspecified atom stereocenters. The first-order valence-corrected chi connectivity index (χ1v) is 17.0. The highest BCUT2D eigenvalue weighted by molar-refractivity contribution is 5.14. The molecule has 4 N–H and O–H groups in total. The number of hydrogen-bond donors (Lipinski definition) is 4. The highest BCUT2D eigenvalue weighted by Gasteiger charge is 2.64. The standard InChI is InChI=1S/C34H54O11/c1-29-10-11-30(2)25(41-28(29)16-32(4)27(43-29)13-24(38)34(6,18-36)45-32)14-26-31(3,44-30)15-22-19(40-26)8-7-9-20-21(39-22)12-23(37)33(5,17-35)42-20/h7,9,19-28,35-38H,8,10-18H2,1-6H3/b9-7-/t19-,20+,21-,22+,23+,24-,25-,26+,27+,28+,29-,30+,31-,32-,33-,34+/m1/s1. The maximum atomic E-state index is 10.8. The molecule has 45 heavy (non-hydrogen) atoms. The van der Waals surface area contributed by atoms with Crippen LogP contribution < -0.4 is 0 Å². The Bertz CT molecular complexity index is 1170. The van der Waals surface area contributed by atoms with Crippen LogP contribution in [-0.4, -0.2) is 128 Å². The number of ether oxygens (including phenoxy) is 7. The molecule has 7 aliphatic rings. The van der Waals surface area contributed by atoms with Crippen LogP contribution in [0.3, 0.4) is 0 Å². The van der Waals surface area contributed by atoms with Crippen molar-refractivity contribution in [3.8, 4) is 0 Å². The summed E-state index contributed by atoms with van der Waals surface area (Å²) in [4.78, 5) is 0. The smallest absolute Gasteiger partial charge is 0.115 e. The van der Waals surface area contributed by atoms with Crippen LogP contribution >= 0.6 is 0 Å². The fourth-order valence-electron chi connectivity index (χ4n) is 9.34. The molecule has 0 aromatic carbocycles. The quantitative estimate of drug-likeness (QED) is 0.330. The molecule has 7 rings (SSSR count). The van der Waals surface area contributed by atoms with Crippen LogP contribution in [0.2, 0.25) is 0 Å². The summed E-state index contributed by atoms with van der Waals surface area (Å²) in [7, 11) is 0. The molecule has 7 aliphatic heterocycles. The lowest BCUT2D eigenvalue weighted by Crippen LogP contribution is -2.69. The van der Waals surface area contributed by atoms with Crippen LogP contribution in [-0.2, 0) is 33.2 Å². The third-order valence-corrected chi connectivity index (χ3v) is 12.6. The molecule has 0 aromatic heterocycles. The second kappa shape index (κ2) is 10.9. The van der Waals surface area contributed by atoms with Gasteiger partial charge in [-0.15, -0.1) is 0 Å². The van der Waals surface area contributed by atoms with E-state index in [1.807, 2.05) is 13.0 Å². The third-order valence-electron chi connectivity index (χ3n) is 12.6. The van der Waals surface area contributed by atoms with Gasteiger partial charge in [-0.2, -0.15) is 0 Å².